The van der Waals surface area contributed by atoms with Crippen molar-refractivity contribution in [1.82, 2.24) is 4.98 Å². The lowest BCUT2D eigenvalue weighted by Crippen LogP contribution is -2.07. The molecule has 5 nitrogen and oxygen atoms in total. The molecule has 1 aromatic heterocycles. The van der Waals surface area contributed by atoms with Crippen LogP contribution in [0.15, 0.2) is 48.7 Å². The molecular weight excluding hydrogens is 433 g/mol. The van der Waals surface area contributed by atoms with Gasteiger partial charge in [-0.05, 0) is 54.2 Å². The van der Waals surface area contributed by atoms with Crippen molar-refractivity contribution in [2.24, 2.45) is 0 Å². The topological polar surface area (TPSA) is 68.7 Å². The first-order valence-corrected chi connectivity index (χ1v) is 10.9. The monoisotopic (exact) mass is 453 g/mol. The maximum atomic E-state index is 14.8. The molecule has 2 aromatic carbocycles. The van der Waals surface area contributed by atoms with E-state index >= 15 is 0 Å². The van der Waals surface area contributed by atoms with Crippen LogP contribution in [-0.2, 0) is 17.6 Å². The van der Waals surface area contributed by atoms with Crippen LogP contribution in [-0.4, -0.2) is 22.7 Å². The van der Waals surface area contributed by atoms with Gasteiger partial charge in [-0.15, -0.1) is 0 Å². The lowest BCUT2D eigenvalue weighted by molar-refractivity contribution is -0.137. The van der Waals surface area contributed by atoms with Gasteiger partial charge in [-0.3, -0.25) is 4.79 Å². The summed E-state index contributed by atoms with van der Waals surface area (Å²) in [5.74, 6) is -0.0544. The molecule has 32 heavy (non-hydrogen) atoms. The molecule has 7 heteroatoms. The Balaban J connectivity index is 1.37. The van der Waals surface area contributed by atoms with E-state index in [1.54, 1.807) is 18.3 Å². The van der Waals surface area contributed by atoms with Crippen LogP contribution in [0, 0.1) is 5.82 Å². The second-order valence-electron chi connectivity index (χ2n) is 8.22. The third kappa shape index (κ3) is 4.02. The van der Waals surface area contributed by atoms with Gasteiger partial charge in [0, 0.05) is 29.3 Å². The van der Waals surface area contributed by atoms with Crippen LogP contribution >= 0.6 is 11.6 Å². The highest BCUT2D eigenvalue weighted by molar-refractivity contribution is 6.29. The van der Waals surface area contributed by atoms with Gasteiger partial charge in [0.1, 0.15) is 28.6 Å². The van der Waals surface area contributed by atoms with Crippen molar-refractivity contribution in [3.05, 3.63) is 87.4 Å². The maximum absolute atomic E-state index is 14.8. The number of hydrogen-bond acceptors (Lipinski definition) is 4. The highest BCUT2D eigenvalue weighted by Gasteiger charge is 2.31. The number of carboxylic acids is 1. The number of pyridine rings is 1. The first kappa shape index (κ1) is 20.8. The summed E-state index contributed by atoms with van der Waals surface area (Å²) < 4.78 is 26.7. The summed E-state index contributed by atoms with van der Waals surface area (Å²) in [6.07, 6.45) is 3.45. The Morgan fingerprint density at radius 1 is 1.25 bits per heavy atom. The molecule has 2 aliphatic rings. The van der Waals surface area contributed by atoms with Gasteiger partial charge in [-0.2, -0.15) is 0 Å². The highest BCUT2D eigenvalue weighted by atomic mass is 35.5. The number of hydrogen-bond donors (Lipinski definition) is 1. The molecule has 2 heterocycles. The van der Waals surface area contributed by atoms with Gasteiger partial charge in [-0.25, -0.2) is 9.37 Å². The molecule has 5 rings (SSSR count). The average Bonchev–Trinajstić information content (AvgIpc) is 3.36. The number of nitrogens with zero attached hydrogens (tertiary/aromatic N) is 1. The van der Waals surface area contributed by atoms with Crippen molar-refractivity contribution in [3.8, 4) is 11.5 Å². The molecule has 0 radical (unpaired) electrons. The molecule has 1 aliphatic heterocycles. The molecule has 1 aliphatic carbocycles. The number of aromatic nitrogens is 1. The fraction of sp³-hybridized carbons (Fsp3) is 0.280. The normalized spacial score (nSPS) is 18.7. The number of fused-ring (bicyclic) bond motifs is 2. The summed E-state index contributed by atoms with van der Waals surface area (Å²) in [6, 6.07) is 12.4. The first-order chi connectivity index (χ1) is 15.5. The lowest BCUT2D eigenvalue weighted by Gasteiger charge is -2.17. The largest absolute Gasteiger partial charge is 0.492 e. The Bertz CT molecular complexity index is 1180. The maximum Gasteiger partial charge on any atom is 0.304 e. The Kier molecular flexibility index (Phi) is 5.47. The SMILES string of the molecule is O=C(O)C[C@@H]1COc2cc(O[C@@H]3CCc4c(Cc5ccc(Cl)nc5)ccc(F)c43)ccc21. The minimum atomic E-state index is -0.852. The summed E-state index contributed by atoms with van der Waals surface area (Å²) in [7, 11) is 0. The Morgan fingerprint density at radius 3 is 2.91 bits per heavy atom. The third-order valence-corrected chi connectivity index (χ3v) is 6.35. The van der Waals surface area contributed by atoms with E-state index in [4.69, 9.17) is 26.2 Å². The summed E-state index contributed by atoms with van der Waals surface area (Å²) >= 11 is 5.88. The Labute approximate surface area is 189 Å². The fourth-order valence-electron chi connectivity index (χ4n) is 4.63. The molecule has 0 saturated carbocycles. The van der Waals surface area contributed by atoms with Gasteiger partial charge in [0.2, 0.25) is 0 Å². The average molecular weight is 454 g/mol. The molecule has 0 bridgehead atoms. The number of ether oxygens (including phenoxy) is 2. The molecular formula is C25H21ClFNO4. The first-order valence-electron chi connectivity index (χ1n) is 10.5. The molecule has 0 fully saturated rings. The van der Waals surface area contributed by atoms with Crippen LogP contribution in [0.2, 0.25) is 5.15 Å². The van der Waals surface area contributed by atoms with E-state index in [-0.39, 0.29) is 24.3 Å². The highest BCUT2D eigenvalue weighted by Crippen LogP contribution is 2.42. The van der Waals surface area contributed by atoms with E-state index in [1.807, 2.05) is 24.3 Å². The van der Waals surface area contributed by atoms with Gasteiger partial charge in [0.15, 0.2) is 0 Å². The number of aliphatic carboxylic acids is 1. The summed E-state index contributed by atoms with van der Waals surface area (Å²) in [4.78, 5) is 15.2. The summed E-state index contributed by atoms with van der Waals surface area (Å²) in [5, 5.41) is 9.51. The Hall–Kier alpha value is -3.12. The van der Waals surface area contributed by atoms with Crippen LogP contribution in [0.5, 0.6) is 11.5 Å². The van der Waals surface area contributed by atoms with Gasteiger partial charge >= 0.3 is 5.97 Å². The van der Waals surface area contributed by atoms with Crippen LogP contribution < -0.4 is 9.47 Å². The zero-order chi connectivity index (χ0) is 22.2. The van der Waals surface area contributed by atoms with Crippen molar-refractivity contribution in [3.63, 3.8) is 0 Å². The molecule has 1 N–H and O–H groups in total. The molecule has 2 atom stereocenters. The van der Waals surface area contributed by atoms with E-state index in [1.165, 1.54) is 6.07 Å². The molecule has 0 saturated heterocycles. The van der Waals surface area contributed by atoms with Crippen molar-refractivity contribution in [1.29, 1.82) is 0 Å². The number of carboxylic acid groups (broad SMARTS) is 1. The molecule has 0 amide bonds. The van der Waals surface area contributed by atoms with E-state index in [9.17, 15) is 9.18 Å². The van der Waals surface area contributed by atoms with Crippen LogP contribution in [0.4, 0.5) is 4.39 Å². The number of rotatable bonds is 6. The second-order valence-corrected chi connectivity index (χ2v) is 8.60. The summed E-state index contributed by atoms with van der Waals surface area (Å²) in [5.41, 5.74) is 4.54. The van der Waals surface area contributed by atoms with Crippen molar-refractivity contribution < 1.29 is 23.8 Å². The molecule has 3 aromatic rings. The van der Waals surface area contributed by atoms with Crippen LogP contribution in [0.25, 0.3) is 0 Å². The Morgan fingerprint density at radius 2 is 2.12 bits per heavy atom. The van der Waals surface area contributed by atoms with E-state index in [0.717, 1.165) is 28.7 Å². The number of halogens is 2. The van der Waals surface area contributed by atoms with Gasteiger partial charge in [0.25, 0.3) is 0 Å². The van der Waals surface area contributed by atoms with Crippen molar-refractivity contribution in [2.75, 3.05) is 6.61 Å². The van der Waals surface area contributed by atoms with Crippen molar-refractivity contribution in [2.45, 2.75) is 37.7 Å². The zero-order valence-corrected chi connectivity index (χ0v) is 17.9. The molecule has 164 valence electrons. The van der Waals surface area contributed by atoms with Gasteiger partial charge < -0.3 is 14.6 Å². The second kappa shape index (κ2) is 8.43. The zero-order valence-electron chi connectivity index (χ0n) is 17.2. The van der Waals surface area contributed by atoms with E-state index < -0.39 is 5.97 Å². The molecule has 0 unspecified atom stereocenters. The predicted octanol–water partition coefficient (Wildman–Crippen LogP) is 5.48. The van der Waals surface area contributed by atoms with Crippen molar-refractivity contribution >= 4 is 17.6 Å². The quantitative estimate of drug-likeness (QED) is 0.500. The smallest absolute Gasteiger partial charge is 0.304 e. The van der Waals surface area contributed by atoms with Gasteiger partial charge in [0.05, 0.1) is 13.0 Å². The van der Waals surface area contributed by atoms with Crippen LogP contribution in [0.1, 0.15) is 52.7 Å². The van der Waals surface area contributed by atoms with Gasteiger partial charge in [-0.1, -0.05) is 29.8 Å². The molecule has 0 spiro atoms. The minimum absolute atomic E-state index is 0.0281. The fourth-order valence-corrected chi connectivity index (χ4v) is 4.74. The lowest BCUT2D eigenvalue weighted by atomic mass is 9.97. The standard InChI is InChI=1S/C25H21ClFNO4/c26-23-8-1-14(12-28-23)9-15-2-6-20(27)25-19(15)5-7-21(25)32-17-3-4-18-16(10-24(29)30)13-31-22(18)11-17/h1-4,6,8,11-12,16,21H,5,7,9-10,13H2,(H,29,30)/t16-,21-/m1/s1. The van der Waals surface area contributed by atoms with Crippen LogP contribution in [0.3, 0.4) is 0 Å². The summed E-state index contributed by atoms with van der Waals surface area (Å²) in [6.45, 7) is 0.342. The number of benzene rings is 2. The van der Waals surface area contributed by atoms with E-state index in [0.29, 0.717) is 41.7 Å². The van der Waals surface area contributed by atoms with E-state index in [2.05, 4.69) is 4.98 Å². The third-order valence-electron chi connectivity index (χ3n) is 6.13. The number of carbonyl (C=O) groups is 1. The predicted molar refractivity (Wildman–Crippen MR) is 117 cm³/mol. The minimum Gasteiger partial charge on any atom is -0.492 e.